The lowest BCUT2D eigenvalue weighted by Gasteiger charge is -2.45. The largest absolute Gasteiger partial charge is 0.373 e. The van der Waals surface area contributed by atoms with Crippen LogP contribution < -0.4 is 10.2 Å². The summed E-state index contributed by atoms with van der Waals surface area (Å²) in [7, 11) is 4.13. The van der Waals surface area contributed by atoms with E-state index in [2.05, 4.69) is 47.1 Å². The topological polar surface area (TPSA) is 44.3 Å². The number of aromatic nitrogens is 2. The van der Waals surface area contributed by atoms with E-state index in [0.717, 1.165) is 37.1 Å². The molecule has 2 fully saturated rings. The Morgan fingerprint density at radius 1 is 1.25 bits per heavy atom. The van der Waals surface area contributed by atoms with Crippen molar-refractivity contribution in [3.8, 4) is 0 Å². The quantitative estimate of drug-likeness (QED) is 0.913. The number of piperazine rings is 1. The Labute approximate surface area is 121 Å². The van der Waals surface area contributed by atoms with Crippen molar-refractivity contribution >= 4 is 11.6 Å². The normalized spacial score (nSPS) is 22.9. The first-order valence-corrected chi connectivity index (χ1v) is 7.52. The summed E-state index contributed by atoms with van der Waals surface area (Å²) in [6.45, 7) is 7.70. The van der Waals surface area contributed by atoms with E-state index in [-0.39, 0.29) is 5.54 Å². The number of hydrogen-bond acceptors (Lipinski definition) is 5. The van der Waals surface area contributed by atoms with Gasteiger partial charge in [-0.3, -0.25) is 4.90 Å². The molecule has 110 valence electrons. The van der Waals surface area contributed by atoms with Crippen LogP contribution in [-0.4, -0.2) is 54.1 Å². The van der Waals surface area contributed by atoms with Gasteiger partial charge in [0.1, 0.15) is 17.5 Å². The molecule has 20 heavy (non-hydrogen) atoms. The van der Waals surface area contributed by atoms with E-state index in [9.17, 15) is 0 Å². The maximum Gasteiger partial charge on any atom is 0.136 e. The third-order valence-electron chi connectivity index (χ3n) is 4.57. The predicted molar refractivity (Wildman–Crippen MR) is 82.5 cm³/mol. The Kier molecular flexibility index (Phi) is 3.32. The molecular formula is C15H25N5. The average molecular weight is 275 g/mol. The van der Waals surface area contributed by atoms with E-state index in [1.807, 2.05) is 7.05 Å². The van der Waals surface area contributed by atoms with Crippen molar-refractivity contribution in [3.05, 3.63) is 11.9 Å². The zero-order chi connectivity index (χ0) is 14.3. The molecule has 0 amide bonds. The summed E-state index contributed by atoms with van der Waals surface area (Å²) in [5.74, 6) is 3.62. The van der Waals surface area contributed by atoms with Crippen molar-refractivity contribution in [2.24, 2.45) is 0 Å². The van der Waals surface area contributed by atoms with Gasteiger partial charge >= 0.3 is 0 Å². The highest BCUT2D eigenvalue weighted by atomic mass is 15.3. The van der Waals surface area contributed by atoms with Gasteiger partial charge in [-0.2, -0.15) is 0 Å². The smallest absolute Gasteiger partial charge is 0.136 e. The monoisotopic (exact) mass is 275 g/mol. The van der Waals surface area contributed by atoms with Crippen molar-refractivity contribution in [2.75, 3.05) is 43.9 Å². The Morgan fingerprint density at radius 3 is 2.60 bits per heavy atom. The molecule has 3 rings (SSSR count). The average Bonchev–Trinajstić information content (AvgIpc) is 3.25. The molecule has 5 nitrogen and oxygen atoms in total. The van der Waals surface area contributed by atoms with Crippen LogP contribution in [0.5, 0.6) is 0 Å². The van der Waals surface area contributed by atoms with Gasteiger partial charge in [0.25, 0.3) is 0 Å². The molecule has 5 heteroatoms. The zero-order valence-corrected chi connectivity index (χ0v) is 13.0. The second-order valence-corrected chi connectivity index (χ2v) is 6.65. The lowest BCUT2D eigenvalue weighted by atomic mass is 10.00. The summed E-state index contributed by atoms with van der Waals surface area (Å²) in [4.78, 5) is 14.2. The molecule has 1 saturated carbocycles. The van der Waals surface area contributed by atoms with Crippen molar-refractivity contribution in [2.45, 2.75) is 38.1 Å². The molecule has 0 bridgehead atoms. The summed E-state index contributed by atoms with van der Waals surface area (Å²) < 4.78 is 0. The van der Waals surface area contributed by atoms with E-state index < -0.39 is 0 Å². The molecule has 1 saturated heterocycles. The fourth-order valence-electron chi connectivity index (χ4n) is 2.70. The minimum atomic E-state index is 0.183. The van der Waals surface area contributed by atoms with E-state index in [1.165, 1.54) is 12.8 Å². The van der Waals surface area contributed by atoms with Gasteiger partial charge < -0.3 is 10.2 Å². The standard InChI is InChI=1S/C15H25N5/c1-15(2)10-20(8-7-19(15)4)13-9-12(16-3)17-14(18-13)11-5-6-11/h9,11H,5-8,10H2,1-4H3,(H,16,17,18). The summed E-state index contributed by atoms with van der Waals surface area (Å²) in [5, 5.41) is 3.17. The van der Waals surface area contributed by atoms with Gasteiger partial charge in [0.05, 0.1) is 0 Å². The molecule has 1 aliphatic heterocycles. The minimum Gasteiger partial charge on any atom is -0.373 e. The van der Waals surface area contributed by atoms with E-state index in [4.69, 9.17) is 4.98 Å². The van der Waals surface area contributed by atoms with Crippen molar-refractivity contribution in [1.82, 2.24) is 14.9 Å². The van der Waals surface area contributed by atoms with E-state index in [0.29, 0.717) is 5.92 Å². The molecule has 1 aromatic heterocycles. The Morgan fingerprint density at radius 2 is 2.00 bits per heavy atom. The van der Waals surface area contributed by atoms with Crippen LogP contribution in [0.1, 0.15) is 38.4 Å². The lowest BCUT2D eigenvalue weighted by Crippen LogP contribution is -2.57. The maximum atomic E-state index is 4.81. The van der Waals surface area contributed by atoms with Crippen molar-refractivity contribution in [1.29, 1.82) is 0 Å². The maximum absolute atomic E-state index is 4.81. The highest BCUT2D eigenvalue weighted by Crippen LogP contribution is 2.39. The third-order valence-corrected chi connectivity index (χ3v) is 4.57. The minimum absolute atomic E-state index is 0.183. The van der Waals surface area contributed by atoms with Gasteiger partial charge in [-0.05, 0) is 33.7 Å². The van der Waals surface area contributed by atoms with Gasteiger partial charge in [0, 0.05) is 44.2 Å². The van der Waals surface area contributed by atoms with Crippen LogP contribution in [0.4, 0.5) is 11.6 Å². The van der Waals surface area contributed by atoms with Crippen LogP contribution in [-0.2, 0) is 0 Å². The fraction of sp³-hybridized carbons (Fsp3) is 0.733. The van der Waals surface area contributed by atoms with Gasteiger partial charge in [-0.1, -0.05) is 0 Å². The molecule has 1 aliphatic carbocycles. The SMILES string of the molecule is CNc1cc(N2CCN(C)C(C)(C)C2)nc(C2CC2)n1. The molecule has 1 aromatic rings. The van der Waals surface area contributed by atoms with Gasteiger partial charge in [0.2, 0.25) is 0 Å². The number of likely N-dealkylation sites (N-methyl/N-ethyl adjacent to an activating group) is 1. The Balaban J connectivity index is 1.87. The van der Waals surface area contributed by atoms with Gasteiger partial charge in [0.15, 0.2) is 0 Å². The second kappa shape index (κ2) is 4.88. The summed E-state index contributed by atoms with van der Waals surface area (Å²) in [6, 6.07) is 2.08. The van der Waals surface area contributed by atoms with Crippen LogP contribution in [0, 0.1) is 0 Å². The summed E-state index contributed by atoms with van der Waals surface area (Å²) >= 11 is 0. The van der Waals surface area contributed by atoms with E-state index >= 15 is 0 Å². The third kappa shape index (κ3) is 2.59. The molecule has 1 N–H and O–H groups in total. The van der Waals surface area contributed by atoms with Crippen LogP contribution in [0.25, 0.3) is 0 Å². The highest BCUT2D eigenvalue weighted by Gasteiger charge is 2.33. The number of nitrogens with one attached hydrogen (secondary N) is 1. The van der Waals surface area contributed by atoms with Crippen molar-refractivity contribution < 1.29 is 0 Å². The van der Waals surface area contributed by atoms with Gasteiger partial charge in [-0.15, -0.1) is 0 Å². The number of anilines is 2. The second-order valence-electron chi connectivity index (χ2n) is 6.65. The number of nitrogens with zero attached hydrogens (tertiary/aromatic N) is 4. The van der Waals surface area contributed by atoms with Crippen molar-refractivity contribution in [3.63, 3.8) is 0 Å². The molecule has 0 radical (unpaired) electrons. The Hall–Kier alpha value is -1.36. The Bertz CT molecular complexity index is 495. The molecule has 0 spiro atoms. The van der Waals surface area contributed by atoms with Crippen LogP contribution >= 0.6 is 0 Å². The molecule has 0 unspecified atom stereocenters. The first-order valence-electron chi connectivity index (χ1n) is 7.52. The molecule has 0 aromatic carbocycles. The number of hydrogen-bond donors (Lipinski definition) is 1. The van der Waals surface area contributed by atoms with Crippen LogP contribution in [0.2, 0.25) is 0 Å². The lowest BCUT2D eigenvalue weighted by molar-refractivity contribution is 0.138. The van der Waals surface area contributed by atoms with Crippen LogP contribution in [0.15, 0.2) is 6.07 Å². The molecular weight excluding hydrogens is 250 g/mol. The number of rotatable bonds is 3. The molecule has 2 heterocycles. The van der Waals surface area contributed by atoms with E-state index in [1.54, 1.807) is 0 Å². The molecule has 0 atom stereocenters. The van der Waals surface area contributed by atoms with Gasteiger partial charge in [-0.25, -0.2) is 9.97 Å². The predicted octanol–water partition coefficient (Wildman–Crippen LogP) is 1.93. The summed E-state index contributed by atoms with van der Waals surface area (Å²) in [6.07, 6.45) is 2.47. The molecule has 2 aliphatic rings. The highest BCUT2D eigenvalue weighted by molar-refractivity contribution is 5.50. The first kappa shape index (κ1) is 13.6. The fourth-order valence-corrected chi connectivity index (χ4v) is 2.70. The zero-order valence-electron chi connectivity index (χ0n) is 13.0. The summed E-state index contributed by atoms with van der Waals surface area (Å²) in [5.41, 5.74) is 0.183. The van der Waals surface area contributed by atoms with Crippen LogP contribution in [0.3, 0.4) is 0 Å². The first-order chi connectivity index (χ1) is 9.49.